The molecule has 0 atom stereocenters. The normalized spacial score (nSPS) is 13.2. The minimum Gasteiger partial charge on any atom is -0.550 e. The third-order valence-electron chi connectivity index (χ3n) is 1.40. The molecule has 0 aromatic rings. The number of aliphatic carboxylic acids is 2. The van der Waals surface area contributed by atoms with E-state index in [1.54, 1.807) is 0 Å². The zero-order valence-electron chi connectivity index (χ0n) is 10.3. The Kier molecular flexibility index (Phi) is 19.2. The second kappa shape index (κ2) is 15.2. The van der Waals surface area contributed by atoms with Crippen LogP contribution in [0.1, 0.15) is 39.5 Å². The van der Waals surface area contributed by atoms with Crippen molar-refractivity contribution in [2.45, 2.75) is 39.5 Å². The van der Waals surface area contributed by atoms with E-state index in [1.165, 1.54) is 6.42 Å². The number of nitrogens with one attached hydrogen (secondary N) is 1. The van der Waals surface area contributed by atoms with Gasteiger partial charge in [0.05, 0.1) is 0 Å². The molecule has 0 bridgehead atoms. The number of carboxylic acid groups (broad SMARTS) is 2. The van der Waals surface area contributed by atoms with Crippen LogP contribution in [-0.4, -0.2) is 47.4 Å². The summed E-state index contributed by atoms with van der Waals surface area (Å²) in [5.41, 5.74) is 0. The third-order valence-corrected chi connectivity index (χ3v) is 1.40. The van der Waals surface area contributed by atoms with E-state index in [9.17, 15) is 4.79 Å². The van der Waals surface area contributed by atoms with Crippen molar-refractivity contribution in [3.05, 3.63) is 0 Å². The van der Waals surface area contributed by atoms with Crippen molar-refractivity contribution in [1.29, 1.82) is 0 Å². The van der Waals surface area contributed by atoms with Crippen LogP contribution in [0.2, 0.25) is 0 Å². The Balaban J connectivity index is -0.000000189. The summed E-state index contributed by atoms with van der Waals surface area (Å²) in [6, 6.07) is 0. The zero-order valence-corrected chi connectivity index (χ0v) is 11.7. The van der Waals surface area contributed by atoms with Crippen molar-refractivity contribution >= 4 is 40.9 Å². The predicted octanol–water partition coefficient (Wildman–Crippen LogP) is -2.19. The maximum Gasteiger partial charge on any atom is 2.00 e. The molecule has 1 saturated heterocycles. The van der Waals surface area contributed by atoms with Gasteiger partial charge in [-0.3, -0.25) is 4.79 Å². The van der Waals surface area contributed by atoms with Crippen LogP contribution >= 0.6 is 0 Å². The fourth-order valence-electron chi connectivity index (χ4n) is 0.904. The quantitative estimate of drug-likeness (QED) is 0.494. The Bertz CT molecular complexity index is 203. The maximum atomic E-state index is 10.6. The first-order valence-electron chi connectivity index (χ1n) is 4.98. The number of carbonyl (C=O) groups excluding carboxylic acids is 3. The molecule has 6 nitrogen and oxygen atoms in total. The number of carbonyl (C=O) groups is 3. The zero-order chi connectivity index (χ0) is 13.0. The predicted molar refractivity (Wildman–Crippen MR) is 58.6 cm³/mol. The molecule has 1 rings (SSSR count). The molecule has 1 N–H and O–H groups in total. The van der Waals surface area contributed by atoms with Gasteiger partial charge in [-0.05, 0) is 26.7 Å². The minimum atomic E-state index is -1.08. The topological polar surface area (TPSA) is 109 Å². The molecule has 1 amide bonds. The van der Waals surface area contributed by atoms with E-state index in [0.29, 0.717) is 0 Å². The summed E-state index contributed by atoms with van der Waals surface area (Å²) >= 11 is 0. The van der Waals surface area contributed by atoms with Gasteiger partial charge in [0.25, 0.3) is 0 Å². The first-order valence-corrected chi connectivity index (χ1v) is 4.98. The number of hydrogen-bond donors (Lipinski definition) is 1. The molecule has 0 radical (unpaired) electrons. The van der Waals surface area contributed by atoms with Gasteiger partial charge in [-0.1, -0.05) is 6.42 Å². The van der Waals surface area contributed by atoms with Crippen molar-refractivity contribution in [2.75, 3.05) is 6.54 Å². The van der Waals surface area contributed by atoms with E-state index >= 15 is 0 Å². The van der Waals surface area contributed by atoms with Crippen molar-refractivity contribution in [3.8, 4) is 0 Å². The monoisotopic (exact) mass is 255 g/mol. The van der Waals surface area contributed by atoms with Crippen molar-refractivity contribution in [1.82, 2.24) is 5.32 Å². The Hall–Kier alpha value is -0.824. The Labute approximate surface area is 117 Å². The molecule has 0 aromatic carbocycles. The SMILES string of the molecule is CC(=O)[O-].CC(=O)[O-].O=C1CCCCCN1.[Mg+2]. The van der Waals surface area contributed by atoms with Crippen LogP contribution < -0.4 is 15.5 Å². The molecule has 0 aromatic heterocycles. The van der Waals surface area contributed by atoms with E-state index in [-0.39, 0.29) is 29.0 Å². The van der Waals surface area contributed by atoms with Gasteiger partial charge in [-0.25, -0.2) is 0 Å². The fraction of sp³-hybridized carbons (Fsp3) is 0.700. The minimum absolute atomic E-state index is 0. The smallest absolute Gasteiger partial charge is 0.550 e. The number of amides is 1. The first kappa shape index (κ1) is 21.5. The van der Waals surface area contributed by atoms with Gasteiger partial charge in [0.1, 0.15) is 0 Å². The molecule has 0 saturated carbocycles. The van der Waals surface area contributed by atoms with Crippen LogP contribution in [-0.2, 0) is 14.4 Å². The molecule has 1 fully saturated rings. The molecule has 94 valence electrons. The van der Waals surface area contributed by atoms with E-state index in [1.807, 2.05) is 0 Å². The van der Waals surface area contributed by atoms with Gasteiger partial charge in [0, 0.05) is 24.9 Å². The van der Waals surface area contributed by atoms with Crippen LogP contribution in [0.15, 0.2) is 0 Å². The van der Waals surface area contributed by atoms with Gasteiger partial charge in [-0.2, -0.15) is 0 Å². The van der Waals surface area contributed by atoms with Crippen LogP contribution in [0.25, 0.3) is 0 Å². The van der Waals surface area contributed by atoms with Gasteiger partial charge in [-0.15, -0.1) is 0 Å². The number of rotatable bonds is 0. The molecule has 1 aliphatic heterocycles. The van der Waals surface area contributed by atoms with E-state index in [4.69, 9.17) is 19.8 Å². The van der Waals surface area contributed by atoms with Crippen LogP contribution in [0.3, 0.4) is 0 Å². The Morgan fingerprint density at radius 2 is 1.47 bits per heavy atom. The van der Waals surface area contributed by atoms with Crippen molar-refractivity contribution in [3.63, 3.8) is 0 Å². The largest absolute Gasteiger partial charge is 2.00 e. The van der Waals surface area contributed by atoms with E-state index < -0.39 is 11.9 Å². The molecular formula is C10H17MgNO5. The summed E-state index contributed by atoms with van der Waals surface area (Å²) in [5, 5.41) is 20.6. The van der Waals surface area contributed by atoms with E-state index in [0.717, 1.165) is 39.7 Å². The fourth-order valence-corrected chi connectivity index (χ4v) is 0.904. The molecule has 1 heterocycles. The standard InChI is InChI=1S/C6H11NO.2C2H4O2.Mg/c8-6-4-2-1-3-5-7-6;2*1-2(3)4;/h1-5H2,(H,7,8);2*1H3,(H,3,4);/q;;;+2/p-2. The molecule has 0 spiro atoms. The number of hydrogen-bond acceptors (Lipinski definition) is 5. The van der Waals surface area contributed by atoms with Gasteiger partial charge < -0.3 is 25.1 Å². The van der Waals surface area contributed by atoms with Crippen LogP contribution in [0, 0.1) is 0 Å². The first-order chi connectivity index (χ1) is 7.36. The summed E-state index contributed by atoms with van der Waals surface area (Å²) in [6.07, 6.45) is 4.18. The molecule has 1 aliphatic rings. The van der Waals surface area contributed by atoms with Crippen LogP contribution in [0.4, 0.5) is 0 Å². The van der Waals surface area contributed by atoms with Crippen molar-refractivity contribution in [2.24, 2.45) is 0 Å². The summed E-state index contributed by atoms with van der Waals surface area (Å²) in [5.74, 6) is -1.94. The summed E-state index contributed by atoms with van der Waals surface area (Å²) in [7, 11) is 0. The van der Waals surface area contributed by atoms with Crippen LogP contribution in [0.5, 0.6) is 0 Å². The second-order valence-corrected chi connectivity index (χ2v) is 3.14. The van der Waals surface area contributed by atoms with Gasteiger partial charge in [0.2, 0.25) is 5.91 Å². The average Bonchev–Trinajstić information content (AvgIpc) is 2.30. The maximum absolute atomic E-state index is 10.6. The average molecular weight is 256 g/mol. The summed E-state index contributed by atoms with van der Waals surface area (Å²) in [6.45, 7) is 2.83. The molecule has 0 unspecified atom stereocenters. The number of carboxylic acids is 2. The molecular weight excluding hydrogens is 238 g/mol. The summed E-state index contributed by atoms with van der Waals surface area (Å²) in [4.78, 5) is 28.3. The van der Waals surface area contributed by atoms with Gasteiger partial charge >= 0.3 is 23.1 Å². The third kappa shape index (κ3) is 39.4. The van der Waals surface area contributed by atoms with Crippen molar-refractivity contribution < 1.29 is 24.6 Å². The second-order valence-electron chi connectivity index (χ2n) is 3.14. The Morgan fingerprint density at radius 1 is 1.06 bits per heavy atom. The molecule has 17 heavy (non-hydrogen) atoms. The molecule has 7 heteroatoms. The van der Waals surface area contributed by atoms with Gasteiger partial charge in [0.15, 0.2) is 0 Å². The molecule has 0 aliphatic carbocycles. The summed E-state index contributed by atoms with van der Waals surface area (Å²) < 4.78 is 0. The Morgan fingerprint density at radius 3 is 1.88 bits per heavy atom. The van der Waals surface area contributed by atoms with E-state index in [2.05, 4.69) is 5.32 Å².